The van der Waals surface area contributed by atoms with Crippen LogP contribution in [0.5, 0.6) is 0 Å². The predicted molar refractivity (Wildman–Crippen MR) is 70.9 cm³/mol. The second-order valence-electron chi connectivity index (χ2n) is 4.18. The number of nitrogen functional groups attached to an aromatic ring is 1. The van der Waals surface area contributed by atoms with E-state index in [9.17, 15) is 17.8 Å². The molecule has 0 unspecified atom stereocenters. The summed E-state index contributed by atoms with van der Waals surface area (Å²) in [6.45, 7) is 1.85. The van der Waals surface area contributed by atoms with Crippen molar-refractivity contribution in [1.82, 2.24) is 9.89 Å². The summed E-state index contributed by atoms with van der Waals surface area (Å²) < 4.78 is 32.2. The van der Waals surface area contributed by atoms with Gasteiger partial charge in [-0.2, -0.15) is 13.2 Å². The predicted octanol–water partition coefficient (Wildman–Crippen LogP) is -0.0821. The molecule has 2 rings (SSSR count). The third-order valence-electron chi connectivity index (χ3n) is 2.68. The molecule has 0 atom stereocenters. The molecular formula is C11H12N4O4S. The van der Waals surface area contributed by atoms with Gasteiger partial charge in [-0.3, -0.25) is 9.35 Å². The summed E-state index contributed by atoms with van der Waals surface area (Å²) in [6.07, 6.45) is 0. The summed E-state index contributed by atoms with van der Waals surface area (Å²) in [5.74, 6) is 4.47. The van der Waals surface area contributed by atoms with E-state index >= 15 is 0 Å². The van der Waals surface area contributed by atoms with Crippen LogP contribution in [-0.4, -0.2) is 28.8 Å². The Labute approximate surface area is 114 Å². The number of amides is 1. The molecule has 5 N–H and O–H groups in total. The molecule has 0 saturated carbocycles. The van der Waals surface area contributed by atoms with E-state index in [2.05, 4.69) is 5.10 Å². The zero-order valence-corrected chi connectivity index (χ0v) is 11.3. The smallest absolute Gasteiger partial charge is 0.299 e. The highest BCUT2D eigenvalue weighted by molar-refractivity contribution is 7.86. The van der Waals surface area contributed by atoms with E-state index in [1.165, 1.54) is 0 Å². The highest BCUT2D eigenvalue weighted by atomic mass is 32.2. The van der Waals surface area contributed by atoms with Gasteiger partial charge < -0.3 is 11.6 Å². The molecule has 9 heteroatoms. The van der Waals surface area contributed by atoms with Gasteiger partial charge in [0.25, 0.3) is 16.0 Å². The molecule has 0 aliphatic rings. The van der Waals surface area contributed by atoms with Gasteiger partial charge in [-0.1, -0.05) is 29.8 Å². The van der Waals surface area contributed by atoms with Crippen molar-refractivity contribution < 1.29 is 17.8 Å². The Bertz CT molecular complexity index is 777. The standard InChI is InChI=1S/C11H12N4O4S/c1-6-2-4-7(5-3-6)9-10(20(17,18)19)8(11(12)16)14-15(9)13/h2-5H,13H2,1H3,(H2,12,16)(H,17,18,19). The number of aryl methyl sites for hydroxylation is 1. The van der Waals surface area contributed by atoms with Crippen molar-refractivity contribution in [3.8, 4) is 11.3 Å². The largest absolute Gasteiger partial charge is 0.364 e. The third-order valence-corrected chi connectivity index (χ3v) is 3.59. The Morgan fingerprint density at radius 3 is 2.30 bits per heavy atom. The van der Waals surface area contributed by atoms with Crippen molar-refractivity contribution in [2.45, 2.75) is 11.8 Å². The van der Waals surface area contributed by atoms with Gasteiger partial charge in [-0.05, 0) is 6.92 Å². The Morgan fingerprint density at radius 1 is 1.30 bits per heavy atom. The Balaban J connectivity index is 2.82. The van der Waals surface area contributed by atoms with E-state index in [1.807, 2.05) is 6.92 Å². The molecule has 8 nitrogen and oxygen atoms in total. The number of hydrogen-bond acceptors (Lipinski definition) is 5. The SMILES string of the molecule is Cc1ccc(-c2c(S(=O)(=O)O)c(C(N)=O)nn2N)cc1. The summed E-state index contributed by atoms with van der Waals surface area (Å²) in [6, 6.07) is 6.63. The highest BCUT2D eigenvalue weighted by Crippen LogP contribution is 2.29. The second kappa shape index (κ2) is 4.62. The molecule has 1 amide bonds. The number of aromatic nitrogens is 2. The summed E-state index contributed by atoms with van der Waals surface area (Å²) in [4.78, 5) is 11.2. The first kappa shape index (κ1) is 14.0. The fourth-order valence-corrected chi connectivity index (χ4v) is 2.64. The van der Waals surface area contributed by atoms with Crippen LogP contribution >= 0.6 is 0 Å². The maximum absolute atomic E-state index is 11.5. The van der Waals surface area contributed by atoms with E-state index in [0.29, 0.717) is 10.4 Å². The molecule has 20 heavy (non-hydrogen) atoms. The molecule has 0 spiro atoms. The fraction of sp³-hybridized carbons (Fsp3) is 0.0909. The van der Waals surface area contributed by atoms with Crippen molar-refractivity contribution in [3.63, 3.8) is 0 Å². The average molecular weight is 296 g/mol. The Hall–Kier alpha value is -2.39. The Kier molecular flexibility index (Phi) is 3.24. The van der Waals surface area contributed by atoms with Crippen LogP contribution in [-0.2, 0) is 10.1 Å². The van der Waals surface area contributed by atoms with Crippen LogP contribution in [0.3, 0.4) is 0 Å². The number of hydrogen-bond donors (Lipinski definition) is 3. The first-order valence-electron chi connectivity index (χ1n) is 5.44. The number of nitrogens with zero attached hydrogens (tertiary/aromatic N) is 2. The van der Waals surface area contributed by atoms with Crippen LogP contribution in [0.25, 0.3) is 11.3 Å². The molecule has 0 radical (unpaired) electrons. The minimum atomic E-state index is -4.71. The summed E-state index contributed by atoms with van der Waals surface area (Å²) in [7, 11) is -4.71. The van der Waals surface area contributed by atoms with Gasteiger partial charge >= 0.3 is 0 Å². The third kappa shape index (κ3) is 2.36. The topological polar surface area (TPSA) is 141 Å². The van der Waals surface area contributed by atoms with Gasteiger partial charge in [0.15, 0.2) is 10.6 Å². The van der Waals surface area contributed by atoms with E-state index in [-0.39, 0.29) is 5.69 Å². The lowest BCUT2D eigenvalue weighted by atomic mass is 10.1. The lowest BCUT2D eigenvalue weighted by Crippen LogP contribution is -2.17. The molecule has 106 valence electrons. The van der Waals surface area contributed by atoms with Crippen LogP contribution in [0.15, 0.2) is 29.2 Å². The number of benzene rings is 1. The average Bonchev–Trinajstić information content (AvgIpc) is 2.68. The quantitative estimate of drug-likeness (QED) is 0.534. The van der Waals surface area contributed by atoms with Crippen molar-refractivity contribution in [3.05, 3.63) is 35.5 Å². The maximum atomic E-state index is 11.5. The van der Waals surface area contributed by atoms with Gasteiger partial charge in [0, 0.05) is 5.56 Å². The van der Waals surface area contributed by atoms with Crippen LogP contribution < -0.4 is 11.6 Å². The van der Waals surface area contributed by atoms with Crippen molar-refractivity contribution in [2.24, 2.45) is 5.73 Å². The fourth-order valence-electron chi connectivity index (χ4n) is 1.80. The molecule has 0 saturated heterocycles. The molecule has 0 bridgehead atoms. The van der Waals surface area contributed by atoms with E-state index in [4.69, 9.17) is 11.6 Å². The molecule has 0 aliphatic carbocycles. The van der Waals surface area contributed by atoms with E-state index in [0.717, 1.165) is 5.56 Å². The summed E-state index contributed by atoms with van der Waals surface area (Å²) in [5.41, 5.74) is 5.66. The molecule has 1 heterocycles. The summed E-state index contributed by atoms with van der Waals surface area (Å²) in [5, 5.41) is 3.56. The number of carbonyl (C=O) groups excluding carboxylic acids is 1. The number of primary amides is 1. The van der Waals surface area contributed by atoms with Crippen LogP contribution in [0.4, 0.5) is 0 Å². The molecule has 2 aromatic rings. The van der Waals surface area contributed by atoms with E-state index < -0.39 is 26.6 Å². The van der Waals surface area contributed by atoms with Gasteiger partial charge in [0.2, 0.25) is 0 Å². The summed E-state index contributed by atoms with van der Waals surface area (Å²) >= 11 is 0. The van der Waals surface area contributed by atoms with Gasteiger partial charge in [-0.15, -0.1) is 5.10 Å². The lowest BCUT2D eigenvalue weighted by molar-refractivity contribution is 0.0991. The number of nitrogens with two attached hydrogens (primary N) is 2. The van der Waals surface area contributed by atoms with Crippen molar-refractivity contribution in [2.75, 3.05) is 5.84 Å². The van der Waals surface area contributed by atoms with Crippen LogP contribution in [0.2, 0.25) is 0 Å². The molecular weight excluding hydrogens is 284 g/mol. The zero-order chi connectivity index (χ0) is 15.1. The first-order valence-corrected chi connectivity index (χ1v) is 6.88. The monoisotopic (exact) mass is 296 g/mol. The number of rotatable bonds is 3. The molecule has 0 fully saturated rings. The van der Waals surface area contributed by atoms with Gasteiger partial charge in [0.1, 0.15) is 5.69 Å². The first-order chi connectivity index (χ1) is 9.21. The highest BCUT2D eigenvalue weighted by Gasteiger charge is 2.30. The minimum absolute atomic E-state index is 0.110. The normalized spacial score (nSPS) is 11.5. The zero-order valence-electron chi connectivity index (χ0n) is 10.4. The van der Waals surface area contributed by atoms with Gasteiger partial charge in [0.05, 0.1) is 0 Å². The van der Waals surface area contributed by atoms with Gasteiger partial charge in [-0.25, -0.2) is 0 Å². The second-order valence-corrected chi connectivity index (χ2v) is 5.53. The van der Waals surface area contributed by atoms with Crippen molar-refractivity contribution in [1.29, 1.82) is 0 Å². The molecule has 0 aliphatic heterocycles. The number of carbonyl (C=O) groups is 1. The Morgan fingerprint density at radius 2 is 1.85 bits per heavy atom. The van der Waals surface area contributed by atoms with Crippen LogP contribution in [0, 0.1) is 6.92 Å². The maximum Gasteiger partial charge on any atom is 0.299 e. The molecule has 1 aromatic carbocycles. The lowest BCUT2D eigenvalue weighted by Gasteiger charge is -2.05. The molecule has 1 aromatic heterocycles. The van der Waals surface area contributed by atoms with E-state index in [1.54, 1.807) is 24.3 Å². The minimum Gasteiger partial charge on any atom is -0.364 e. The van der Waals surface area contributed by atoms with Crippen LogP contribution in [0.1, 0.15) is 16.1 Å². The van der Waals surface area contributed by atoms with Crippen molar-refractivity contribution >= 4 is 16.0 Å².